The van der Waals surface area contributed by atoms with Crippen molar-refractivity contribution in [1.29, 1.82) is 0 Å². The molecule has 0 unspecified atom stereocenters. The van der Waals surface area contributed by atoms with E-state index in [1.165, 1.54) is 18.6 Å². The minimum Gasteiger partial charge on any atom is -0.288 e. The molecule has 0 saturated carbocycles. The summed E-state index contributed by atoms with van der Waals surface area (Å²) in [5.41, 5.74) is 3.10. The van der Waals surface area contributed by atoms with Crippen LogP contribution in [0.1, 0.15) is 39.0 Å². The summed E-state index contributed by atoms with van der Waals surface area (Å²) in [6.45, 7) is 1.52. The van der Waals surface area contributed by atoms with Crippen LogP contribution in [0.5, 0.6) is 0 Å². The third-order valence-corrected chi connectivity index (χ3v) is 3.85. The molecule has 0 N–H and O–H groups in total. The van der Waals surface area contributed by atoms with Gasteiger partial charge in [0.05, 0.1) is 5.56 Å². The number of fused-ring (bicyclic) bond motifs is 1. The molecular formula is C17H14F2O. The van der Waals surface area contributed by atoms with E-state index in [0.717, 1.165) is 30.9 Å². The number of hydrogen-bond acceptors (Lipinski definition) is 1. The number of benzene rings is 2. The Morgan fingerprint density at radius 3 is 2.55 bits per heavy atom. The van der Waals surface area contributed by atoms with Gasteiger partial charge in [-0.05, 0) is 55.0 Å². The summed E-state index contributed by atoms with van der Waals surface area (Å²) in [5, 5.41) is 0. The molecule has 20 heavy (non-hydrogen) atoms. The Bertz CT molecular complexity index is 704. The molecule has 0 amide bonds. The standard InChI is InChI=1S/C17H14F2O/c1-10-7-14(16(19)9-15(10)18)17(20)13-6-5-11-3-2-4-12(11)8-13/h5-9H,2-4H2,1H3. The average molecular weight is 272 g/mol. The predicted octanol–water partition coefficient (Wildman–Crippen LogP) is 3.99. The molecule has 0 bridgehead atoms. The highest BCUT2D eigenvalue weighted by Gasteiger charge is 2.19. The van der Waals surface area contributed by atoms with Crippen molar-refractivity contribution in [3.63, 3.8) is 0 Å². The van der Waals surface area contributed by atoms with Gasteiger partial charge in [0, 0.05) is 11.6 Å². The zero-order chi connectivity index (χ0) is 14.3. The minimum atomic E-state index is -0.807. The fourth-order valence-electron chi connectivity index (χ4n) is 2.70. The number of hydrogen-bond donors (Lipinski definition) is 0. The first-order valence-corrected chi connectivity index (χ1v) is 6.68. The van der Waals surface area contributed by atoms with Gasteiger partial charge in [-0.25, -0.2) is 8.78 Å². The van der Waals surface area contributed by atoms with Crippen LogP contribution < -0.4 is 0 Å². The van der Waals surface area contributed by atoms with Crippen molar-refractivity contribution in [2.45, 2.75) is 26.2 Å². The van der Waals surface area contributed by atoms with Crippen LogP contribution in [0.4, 0.5) is 8.78 Å². The lowest BCUT2D eigenvalue weighted by molar-refractivity contribution is 0.103. The van der Waals surface area contributed by atoms with Crippen LogP contribution in [0.15, 0.2) is 30.3 Å². The van der Waals surface area contributed by atoms with Crippen molar-refractivity contribution >= 4 is 5.78 Å². The Balaban J connectivity index is 2.03. The van der Waals surface area contributed by atoms with E-state index in [1.807, 2.05) is 12.1 Å². The molecule has 1 aliphatic rings. The molecule has 2 aromatic rings. The maximum absolute atomic E-state index is 13.8. The van der Waals surface area contributed by atoms with Crippen LogP contribution in [0.25, 0.3) is 0 Å². The number of rotatable bonds is 2. The highest BCUT2D eigenvalue weighted by atomic mass is 19.1. The third-order valence-electron chi connectivity index (χ3n) is 3.85. The molecule has 0 radical (unpaired) electrons. The minimum absolute atomic E-state index is 0.0677. The van der Waals surface area contributed by atoms with Crippen molar-refractivity contribution in [2.24, 2.45) is 0 Å². The predicted molar refractivity (Wildman–Crippen MR) is 73.0 cm³/mol. The van der Waals surface area contributed by atoms with Crippen molar-refractivity contribution in [3.05, 3.63) is 69.8 Å². The highest BCUT2D eigenvalue weighted by Crippen LogP contribution is 2.25. The number of carbonyl (C=O) groups excluding carboxylic acids is 1. The second-order valence-electron chi connectivity index (χ2n) is 5.25. The second-order valence-corrected chi connectivity index (χ2v) is 5.25. The van der Waals surface area contributed by atoms with E-state index < -0.39 is 11.6 Å². The van der Waals surface area contributed by atoms with Crippen molar-refractivity contribution < 1.29 is 13.6 Å². The van der Waals surface area contributed by atoms with Crippen LogP contribution >= 0.6 is 0 Å². The van der Waals surface area contributed by atoms with Gasteiger partial charge in [0.25, 0.3) is 0 Å². The van der Waals surface area contributed by atoms with Gasteiger partial charge >= 0.3 is 0 Å². The molecule has 0 aromatic heterocycles. The topological polar surface area (TPSA) is 17.1 Å². The van der Waals surface area contributed by atoms with Gasteiger partial charge in [0.2, 0.25) is 0 Å². The van der Waals surface area contributed by atoms with E-state index in [9.17, 15) is 13.6 Å². The number of halogens is 2. The first-order chi connectivity index (χ1) is 9.56. The average Bonchev–Trinajstić information content (AvgIpc) is 2.89. The normalized spacial score (nSPS) is 13.3. The van der Waals surface area contributed by atoms with Crippen LogP contribution in [0, 0.1) is 18.6 Å². The Kier molecular flexibility index (Phi) is 3.13. The van der Waals surface area contributed by atoms with E-state index in [1.54, 1.807) is 6.07 Å². The van der Waals surface area contributed by atoms with Gasteiger partial charge in [-0.3, -0.25) is 4.79 Å². The summed E-state index contributed by atoms with van der Waals surface area (Å²) < 4.78 is 27.0. The van der Waals surface area contributed by atoms with Gasteiger partial charge in [0.1, 0.15) is 11.6 Å². The Morgan fingerprint density at radius 1 is 1.00 bits per heavy atom. The molecule has 0 fully saturated rings. The van der Waals surface area contributed by atoms with Gasteiger partial charge in [-0.1, -0.05) is 12.1 Å². The van der Waals surface area contributed by atoms with E-state index in [4.69, 9.17) is 0 Å². The summed E-state index contributed by atoms with van der Waals surface area (Å²) >= 11 is 0. The Labute approximate surface area is 116 Å². The maximum Gasteiger partial charge on any atom is 0.195 e. The molecule has 3 heteroatoms. The van der Waals surface area contributed by atoms with Gasteiger partial charge in [0.15, 0.2) is 5.78 Å². The summed E-state index contributed by atoms with van der Waals surface area (Å²) in [5.74, 6) is -1.83. The fourth-order valence-corrected chi connectivity index (χ4v) is 2.70. The molecule has 0 heterocycles. The summed E-state index contributed by atoms with van der Waals surface area (Å²) in [4.78, 5) is 12.4. The van der Waals surface area contributed by atoms with Crippen LogP contribution in [-0.4, -0.2) is 5.78 Å². The zero-order valence-corrected chi connectivity index (χ0v) is 11.2. The lowest BCUT2D eigenvalue weighted by Gasteiger charge is -2.07. The molecule has 1 nitrogen and oxygen atoms in total. The number of aryl methyl sites for hydroxylation is 3. The number of carbonyl (C=O) groups is 1. The molecule has 102 valence electrons. The fraction of sp³-hybridized carbons (Fsp3) is 0.235. The van der Waals surface area contributed by atoms with Gasteiger partial charge in [-0.15, -0.1) is 0 Å². The largest absolute Gasteiger partial charge is 0.288 e. The first kappa shape index (κ1) is 13.0. The monoisotopic (exact) mass is 272 g/mol. The molecule has 0 aliphatic heterocycles. The lowest BCUT2D eigenvalue weighted by atomic mass is 9.98. The smallest absolute Gasteiger partial charge is 0.195 e. The van der Waals surface area contributed by atoms with E-state index in [0.29, 0.717) is 5.56 Å². The summed E-state index contributed by atoms with van der Waals surface area (Å²) in [6, 6.07) is 7.55. The molecule has 0 saturated heterocycles. The zero-order valence-electron chi connectivity index (χ0n) is 11.2. The molecule has 0 atom stereocenters. The quantitative estimate of drug-likeness (QED) is 0.755. The lowest BCUT2D eigenvalue weighted by Crippen LogP contribution is -2.06. The second kappa shape index (κ2) is 4.82. The van der Waals surface area contributed by atoms with Gasteiger partial charge in [-0.2, -0.15) is 0 Å². The molecule has 1 aliphatic carbocycles. The highest BCUT2D eigenvalue weighted by molar-refractivity contribution is 6.09. The summed E-state index contributed by atoms with van der Waals surface area (Å²) in [6.07, 6.45) is 3.09. The van der Waals surface area contributed by atoms with Crippen LogP contribution in [0.3, 0.4) is 0 Å². The van der Waals surface area contributed by atoms with Crippen LogP contribution in [0.2, 0.25) is 0 Å². The SMILES string of the molecule is Cc1cc(C(=O)c2ccc3c(c2)CCC3)c(F)cc1F. The van der Waals surface area contributed by atoms with E-state index in [2.05, 4.69) is 0 Å². The van der Waals surface area contributed by atoms with E-state index >= 15 is 0 Å². The van der Waals surface area contributed by atoms with E-state index in [-0.39, 0.29) is 16.9 Å². The molecule has 2 aromatic carbocycles. The first-order valence-electron chi connectivity index (χ1n) is 6.68. The Hall–Kier alpha value is -2.03. The summed E-state index contributed by atoms with van der Waals surface area (Å²) in [7, 11) is 0. The van der Waals surface area contributed by atoms with Gasteiger partial charge < -0.3 is 0 Å². The van der Waals surface area contributed by atoms with Crippen LogP contribution in [-0.2, 0) is 12.8 Å². The third kappa shape index (κ3) is 2.13. The molecule has 3 rings (SSSR count). The maximum atomic E-state index is 13.8. The molecule has 0 spiro atoms. The van der Waals surface area contributed by atoms with Crippen molar-refractivity contribution in [1.82, 2.24) is 0 Å². The Morgan fingerprint density at radius 2 is 1.75 bits per heavy atom. The molecular weight excluding hydrogens is 258 g/mol. The van der Waals surface area contributed by atoms with Crippen molar-refractivity contribution in [2.75, 3.05) is 0 Å². The number of ketones is 1. The van der Waals surface area contributed by atoms with Crippen molar-refractivity contribution in [3.8, 4) is 0 Å².